The van der Waals surface area contributed by atoms with Gasteiger partial charge in [0.25, 0.3) is 0 Å². The molecule has 1 aromatic carbocycles. The van der Waals surface area contributed by atoms with Crippen LogP contribution in [0.5, 0.6) is 5.75 Å². The predicted octanol–water partition coefficient (Wildman–Crippen LogP) is 2.26. The Hall–Kier alpha value is -1.33. The van der Waals surface area contributed by atoms with Crippen molar-refractivity contribution in [2.24, 2.45) is 12.8 Å². The third-order valence-corrected chi connectivity index (χ3v) is 3.27. The Labute approximate surface area is 115 Å². The Morgan fingerprint density at radius 1 is 1.39 bits per heavy atom. The molecule has 0 aliphatic heterocycles. The number of aryl methyl sites for hydroxylation is 1. The fourth-order valence-corrected chi connectivity index (χ4v) is 2.08. The molecule has 0 aliphatic carbocycles. The van der Waals surface area contributed by atoms with Crippen molar-refractivity contribution in [3.63, 3.8) is 0 Å². The van der Waals surface area contributed by atoms with Crippen LogP contribution in [0.25, 0.3) is 0 Å². The summed E-state index contributed by atoms with van der Waals surface area (Å²) >= 11 is 3.45. The van der Waals surface area contributed by atoms with Gasteiger partial charge in [-0.1, -0.05) is 12.1 Å². The first-order valence-corrected chi connectivity index (χ1v) is 6.58. The van der Waals surface area contributed by atoms with E-state index in [4.69, 9.17) is 10.5 Å². The lowest BCUT2D eigenvalue weighted by molar-refractivity contribution is 0.290. The Morgan fingerprint density at radius 2 is 2.17 bits per heavy atom. The summed E-state index contributed by atoms with van der Waals surface area (Å²) in [6.45, 7) is 1.06. The maximum atomic E-state index is 5.73. The maximum Gasteiger partial charge on any atom is 0.146 e. The van der Waals surface area contributed by atoms with Crippen molar-refractivity contribution in [3.05, 3.63) is 46.5 Å². The van der Waals surface area contributed by atoms with Crippen molar-refractivity contribution in [1.82, 2.24) is 9.55 Å². The summed E-state index contributed by atoms with van der Waals surface area (Å²) in [7, 11) is 1.96. The third-order valence-electron chi connectivity index (χ3n) is 2.62. The van der Waals surface area contributed by atoms with Gasteiger partial charge in [0.15, 0.2) is 0 Å². The van der Waals surface area contributed by atoms with E-state index in [1.807, 2.05) is 42.1 Å². The molecule has 0 radical (unpaired) electrons. The summed E-state index contributed by atoms with van der Waals surface area (Å²) in [5.74, 6) is 1.72. The van der Waals surface area contributed by atoms with Crippen molar-refractivity contribution >= 4 is 15.9 Å². The number of rotatable bonds is 5. The molecule has 18 heavy (non-hydrogen) atoms. The highest BCUT2D eigenvalue weighted by Gasteiger charge is 2.06. The summed E-state index contributed by atoms with van der Waals surface area (Å²) in [5, 5.41) is 0. The first-order valence-electron chi connectivity index (χ1n) is 5.79. The molecule has 1 heterocycles. The van der Waals surface area contributed by atoms with Crippen LogP contribution in [0.2, 0.25) is 0 Å². The van der Waals surface area contributed by atoms with Crippen molar-refractivity contribution in [2.45, 2.75) is 13.0 Å². The van der Waals surface area contributed by atoms with Crippen LogP contribution < -0.4 is 10.5 Å². The lowest BCUT2D eigenvalue weighted by atomic mass is 10.3. The zero-order chi connectivity index (χ0) is 13.0. The quantitative estimate of drug-likeness (QED) is 0.921. The number of halogens is 1. The number of hydrogen-bond donors (Lipinski definition) is 1. The molecule has 96 valence electrons. The number of para-hydroxylation sites is 1. The van der Waals surface area contributed by atoms with Gasteiger partial charge < -0.3 is 15.0 Å². The molecule has 2 N–H and O–H groups in total. The second-order valence-corrected chi connectivity index (χ2v) is 4.87. The molecule has 0 bridgehead atoms. The molecule has 0 fully saturated rings. The molecule has 0 aliphatic rings. The van der Waals surface area contributed by atoms with Gasteiger partial charge in [0.1, 0.15) is 18.2 Å². The Kier molecular flexibility index (Phi) is 4.38. The highest BCUT2D eigenvalue weighted by atomic mass is 79.9. The fourth-order valence-electron chi connectivity index (χ4n) is 1.68. The molecule has 0 unspecified atom stereocenters. The minimum Gasteiger partial charge on any atom is -0.485 e. The normalized spacial score (nSPS) is 10.6. The van der Waals surface area contributed by atoms with Gasteiger partial charge in [0.2, 0.25) is 0 Å². The number of benzene rings is 1. The minimum absolute atomic E-state index is 0.448. The third kappa shape index (κ3) is 3.11. The molecule has 0 amide bonds. The number of ether oxygens (including phenoxy) is 1. The van der Waals surface area contributed by atoms with E-state index in [-0.39, 0.29) is 0 Å². The van der Waals surface area contributed by atoms with Crippen molar-refractivity contribution in [3.8, 4) is 5.75 Å². The van der Waals surface area contributed by atoms with E-state index in [0.717, 1.165) is 28.2 Å². The minimum atomic E-state index is 0.448. The largest absolute Gasteiger partial charge is 0.485 e. The number of imidazole rings is 1. The molecule has 0 saturated carbocycles. The van der Waals surface area contributed by atoms with Crippen LogP contribution in [-0.2, 0) is 20.1 Å². The first kappa shape index (κ1) is 13.1. The molecule has 4 nitrogen and oxygen atoms in total. The standard InChI is InChI=1S/C13H16BrN3O/c1-17-8-10(6-7-15)16-13(17)9-18-12-5-3-2-4-11(12)14/h2-5,8H,6-7,9,15H2,1H3. The Bertz CT molecular complexity index is 525. The molecule has 0 atom stereocenters. The van der Waals surface area contributed by atoms with Crippen LogP contribution >= 0.6 is 15.9 Å². The number of aromatic nitrogens is 2. The fraction of sp³-hybridized carbons (Fsp3) is 0.308. The van der Waals surface area contributed by atoms with E-state index in [2.05, 4.69) is 20.9 Å². The summed E-state index contributed by atoms with van der Waals surface area (Å²) in [6.07, 6.45) is 2.79. The van der Waals surface area contributed by atoms with Crippen LogP contribution in [0, 0.1) is 0 Å². The maximum absolute atomic E-state index is 5.73. The summed E-state index contributed by atoms with van der Waals surface area (Å²) < 4.78 is 8.65. The average molecular weight is 310 g/mol. The second kappa shape index (κ2) is 6.02. The lowest BCUT2D eigenvalue weighted by Crippen LogP contribution is -2.04. The summed E-state index contributed by atoms with van der Waals surface area (Å²) in [4.78, 5) is 4.49. The van der Waals surface area contributed by atoms with Crippen LogP contribution in [0.4, 0.5) is 0 Å². The highest BCUT2D eigenvalue weighted by molar-refractivity contribution is 9.10. The zero-order valence-corrected chi connectivity index (χ0v) is 11.9. The zero-order valence-electron chi connectivity index (χ0n) is 10.3. The van der Waals surface area contributed by atoms with Gasteiger partial charge >= 0.3 is 0 Å². The molecule has 1 aromatic heterocycles. The van der Waals surface area contributed by atoms with E-state index in [0.29, 0.717) is 13.2 Å². The molecule has 0 saturated heterocycles. The van der Waals surface area contributed by atoms with E-state index < -0.39 is 0 Å². The topological polar surface area (TPSA) is 53.1 Å². The van der Waals surface area contributed by atoms with Crippen LogP contribution in [-0.4, -0.2) is 16.1 Å². The van der Waals surface area contributed by atoms with Crippen LogP contribution in [0.3, 0.4) is 0 Å². The summed E-state index contributed by atoms with van der Waals surface area (Å²) in [5.41, 5.74) is 6.52. The monoisotopic (exact) mass is 309 g/mol. The van der Waals surface area contributed by atoms with Crippen LogP contribution in [0.1, 0.15) is 11.5 Å². The molecular formula is C13H16BrN3O. The first-order chi connectivity index (χ1) is 8.70. The number of nitrogens with zero attached hydrogens (tertiary/aromatic N) is 2. The van der Waals surface area contributed by atoms with Gasteiger partial charge in [-0.2, -0.15) is 0 Å². The van der Waals surface area contributed by atoms with E-state index >= 15 is 0 Å². The number of nitrogens with two attached hydrogens (primary N) is 1. The molecule has 0 spiro atoms. The van der Waals surface area contributed by atoms with E-state index in [1.54, 1.807) is 0 Å². The van der Waals surface area contributed by atoms with E-state index in [9.17, 15) is 0 Å². The van der Waals surface area contributed by atoms with Gasteiger partial charge in [0, 0.05) is 19.7 Å². The highest BCUT2D eigenvalue weighted by Crippen LogP contribution is 2.24. The van der Waals surface area contributed by atoms with E-state index in [1.165, 1.54) is 0 Å². The molecule has 5 heteroatoms. The van der Waals surface area contributed by atoms with Gasteiger partial charge in [-0.05, 0) is 34.6 Å². The van der Waals surface area contributed by atoms with Gasteiger partial charge in [-0.15, -0.1) is 0 Å². The average Bonchev–Trinajstić information content (AvgIpc) is 2.69. The van der Waals surface area contributed by atoms with Gasteiger partial charge in [-0.25, -0.2) is 4.98 Å². The SMILES string of the molecule is Cn1cc(CCN)nc1COc1ccccc1Br. The predicted molar refractivity (Wildman–Crippen MR) is 74.4 cm³/mol. The van der Waals surface area contributed by atoms with Crippen molar-refractivity contribution in [1.29, 1.82) is 0 Å². The van der Waals surface area contributed by atoms with Crippen LogP contribution in [0.15, 0.2) is 34.9 Å². The van der Waals surface area contributed by atoms with Gasteiger partial charge in [-0.3, -0.25) is 0 Å². The second-order valence-electron chi connectivity index (χ2n) is 4.02. The Balaban J connectivity index is 2.04. The van der Waals surface area contributed by atoms with Crippen molar-refractivity contribution < 1.29 is 4.74 Å². The van der Waals surface area contributed by atoms with Gasteiger partial charge in [0.05, 0.1) is 10.2 Å². The smallest absolute Gasteiger partial charge is 0.146 e. The Morgan fingerprint density at radius 3 is 2.89 bits per heavy atom. The molecule has 2 aromatic rings. The lowest BCUT2D eigenvalue weighted by Gasteiger charge is -2.07. The van der Waals surface area contributed by atoms with Crippen molar-refractivity contribution in [2.75, 3.05) is 6.54 Å². The number of hydrogen-bond acceptors (Lipinski definition) is 3. The molecule has 2 rings (SSSR count). The summed E-state index contributed by atoms with van der Waals surface area (Å²) in [6, 6.07) is 7.77. The molecular weight excluding hydrogens is 294 g/mol.